The molecule has 15 heteroatoms. The van der Waals surface area contributed by atoms with Crippen molar-refractivity contribution in [2.75, 3.05) is 23.8 Å². The molecule has 2 aromatic rings. The second-order valence-electron chi connectivity index (χ2n) is 5.35. The summed E-state index contributed by atoms with van der Waals surface area (Å²) in [5.74, 6) is -1.11. The average molecular weight is 568 g/mol. The number of rotatable bonds is 5. The number of amides is 2. The number of nitrogens with one attached hydrogen (secondary N) is 2. The molecule has 0 aromatic heterocycles. The van der Waals surface area contributed by atoms with Crippen LogP contribution >= 0.6 is 0 Å². The Morgan fingerprint density at radius 2 is 1.13 bits per heavy atom. The molecule has 0 saturated carbocycles. The van der Waals surface area contributed by atoms with E-state index in [9.17, 15) is 13.3 Å². The summed E-state index contributed by atoms with van der Waals surface area (Å²) in [4.78, 5) is 21.5. The van der Waals surface area contributed by atoms with Gasteiger partial charge in [-0.3, -0.25) is 4.79 Å². The van der Waals surface area contributed by atoms with Gasteiger partial charge in [-0.25, -0.2) is 0 Å². The zero-order chi connectivity index (χ0) is 24.1. The zero-order valence-electron chi connectivity index (χ0n) is 15.8. The second kappa shape index (κ2) is 14.0. The Balaban J connectivity index is 0.000000492. The van der Waals surface area contributed by atoms with Gasteiger partial charge in [0.1, 0.15) is 6.61 Å². The summed E-state index contributed by atoms with van der Waals surface area (Å²) in [5, 5.41) is 21.6. The van der Waals surface area contributed by atoms with E-state index in [0.29, 0.717) is 5.69 Å². The minimum absolute atomic E-state index is 0.0315. The molecule has 0 fully saturated rings. The predicted octanol–water partition coefficient (Wildman–Crippen LogP) is -3.37. The van der Waals surface area contributed by atoms with Crippen LogP contribution in [0.2, 0.25) is 0 Å². The molecule has 0 atom stereocenters. The average Bonchev–Trinajstić information content (AvgIpc) is 2.67. The van der Waals surface area contributed by atoms with Crippen LogP contribution in [0, 0.1) is 0 Å². The Bertz CT molecular complexity index is 920. The van der Waals surface area contributed by atoms with Crippen LogP contribution in [0.15, 0.2) is 54.6 Å². The zero-order valence-corrected chi connectivity index (χ0v) is 19.5. The number of anilines is 2. The van der Waals surface area contributed by atoms with Gasteiger partial charge in [-0.05, 0) is 12.1 Å². The first-order chi connectivity index (χ1) is 14.3. The minimum atomic E-state index is -5.12. The van der Waals surface area contributed by atoms with Crippen molar-refractivity contribution < 1.29 is 47.8 Å². The molecule has 0 spiro atoms. The molecular formula is C16H22As2N2O11. The van der Waals surface area contributed by atoms with Gasteiger partial charge < -0.3 is 10.4 Å². The van der Waals surface area contributed by atoms with Crippen LogP contribution in [-0.2, 0) is 17.1 Å². The molecule has 0 aliphatic carbocycles. The van der Waals surface area contributed by atoms with Gasteiger partial charge in [-0.2, -0.15) is 0 Å². The van der Waals surface area contributed by atoms with E-state index in [-0.39, 0.29) is 10.0 Å². The number of aliphatic hydroxyl groups excluding tert-OH is 2. The molecule has 0 aliphatic rings. The summed E-state index contributed by atoms with van der Waals surface area (Å²) < 4.78 is 59.6. The van der Waals surface area contributed by atoms with E-state index >= 15 is 0 Å². The van der Waals surface area contributed by atoms with Gasteiger partial charge in [0.05, 0.1) is 0 Å². The molecule has 31 heavy (non-hydrogen) atoms. The number of hydrogen-bond donors (Lipinski definition) is 9. The number of carbonyl (C=O) groups excluding carboxylic acids is 2. The quantitative estimate of drug-likeness (QED) is 0.162. The fourth-order valence-electron chi connectivity index (χ4n) is 1.75. The van der Waals surface area contributed by atoms with Gasteiger partial charge in [-0.15, -0.1) is 0 Å². The molecule has 2 aromatic carbocycles. The van der Waals surface area contributed by atoms with Gasteiger partial charge in [0.25, 0.3) is 0 Å². The van der Waals surface area contributed by atoms with Crippen LogP contribution in [0.3, 0.4) is 0 Å². The molecule has 13 nitrogen and oxygen atoms in total. The van der Waals surface area contributed by atoms with Gasteiger partial charge in [0.15, 0.2) is 0 Å². The Hall–Kier alpha value is -2.18. The van der Waals surface area contributed by atoms with E-state index in [4.69, 9.17) is 34.4 Å². The third kappa shape index (κ3) is 15.3. The summed E-state index contributed by atoms with van der Waals surface area (Å²) in [6, 6.07) is 14.6. The third-order valence-electron chi connectivity index (χ3n) is 2.84. The standard InChI is InChI=1S/C8H10AsNO5.C8H9NO2.AsH3O4/c11-5-8(12)10-7-4-2-1-3-6(7)9(13,14)15;10-6-8(11)9-7-4-2-1-3-5-7;2-1(3,4)5/h1-4,11H,5H2,(H,10,12)(H2,13,14,15);1-5,10H,6H2,(H,9,11);(H3,2,3,4,5). The van der Waals surface area contributed by atoms with Crippen molar-refractivity contribution >= 4 is 56.2 Å². The fourth-order valence-corrected chi connectivity index (χ4v) is 3.27. The normalized spacial score (nSPS) is 10.5. The first-order valence-corrected chi connectivity index (χ1v) is 14.7. The summed E-state index contributed by atoms with van der Waals surface area (Å²) in [5.41, 5.74) is 0.732. The maximum atomic E-state index is 11.1. The van der Waals surface area contributed by atoms with Crippen molar-refractivity contribution in [3.8, 4) is 0 Å². The topological polar surface area (TPSA) is 234 Å². The van der Waals surface area contributed by atoms with E-state index in [1.807, 2.05) is 18.2 Å². The SMILES string of the molecule is O=C(CO)Nc1ccccc1.O=C(CO)Nc1ccccc1[As](=O)(O)O.O=[As](O)(O)O. The van der Waals surface area contributed by atoms with Crippen LogP contribution in [0.1, 0.15) is 0 Å². The van der Waals surface area contributed by atoms with Crippen LogP contribution < -0.4 is 15.0 Å². The molecule has 0 heterocycles. The maximum absolute atomic E-state index is 11.1. The van der Waals surface area contributed by atoms with Gasteiger partial charge >= 0.3 is 119 Å². The van der Waals surface area contributed by atoms with Crippen molar-refractivity contribution in [1.29, 1.82) is 0 Å². The van der Waals surface area contributed by atoms with E-state index in [0.717, 1.165) is 0 Å². The van der Waals surface area contributed by atoms with E-state index < -0.39 is 53.7 Å². The van der Waals surface area contributed by atoms with E-state index in [1.54, 1.807) is 12.1 Å². The van der Waals surface area contributed by atoms with E-state index in [2.05, 4.69) is 10.6 Å². The first-order valence-electron chi connectivity index (χ1n) is 8.07. The Morgan fingerprint density at radius 3 is 1.58 bits per heavy atom. The van der Waals surface area contributed by atoms with Gasteiger partial charge in [0.2, 0.25) is 5.91 Å². The predicted molar refractivity (Wildman–Crippen MR) is 108 cm³/mol. The Labute approximate surface area is 182 Å². The van der Waals surface area contributed by atoms with Crippen molar-refractivity contribution in [3.05, 3.63) is 54.6 Å². The molecule has 0 saturated heterocycles. The van der Waals surface area contributed by atoms with Crippen molar-refractivity contribution in [2.45, 2.75) is 0 Å². The number of para-hydroxylation sites is 2. The third-order valence-corrected chi connectivity index (χ3v) is 4.97. The molecule has 0 bridgehead atoms. The molecule has 2 amide bonds. The summed E-state index contributed by atoms with van der Waals surface area (Å²) >= 11 is -10.2. The first kappa shape index (κ1) is 28.8. The van der Waals surface area contributed by atoms with Gasteiger partial charge in [0, 0.05) is 5.69 Å². The van der Waals surface area contributed by atoms with Crippen LogP contribution in [0.25, 0.3) is 0 Å². The number of benzene rings is 2. The van der Waals surface area contributed by atoms with Crippen LogP contribution in [0.5, 0.6) is 0 Å². The van der Waals surface area contributed by atoms with E-state index in [1.165, 1.54) is 24.3 Å². The fraction of sp³-hybridized carbons (Fsp3) is 0.125. The molecule has 0 aliphatic heterocycles. The van der Waals surface area contributed by atoms with Crippen molar-refractivity contribution in [3.63, 3.8) is 0 Å². The van der Waals surface area contributed by atoms with Crippen molar-refractivity contribution in [1.82, 2.24) is 0 Å². The number of aliphatic hydroxyl groups is 2. The molecule has 172 valence electrons. The summed E-state index contributed by atoms with van der Waals surface area (Å²) in [6.07, 6.45) is 0. The monoisotopic (exact) mass is 568 g/mol. The van der Waals surface area contributed by atoms with Crippen molar-refractivity contribution in [2.24, 2.45) is 0 Å². The number of hydrogen-bond acceptors (Lipinski definition) is 6. The van der Waals surface area contributed by atoms with Crippen LogP contribution in [-0.4, -0.2) is 84.4 Å². The second-order valence-corrected chi connectivity index (χ2v) is 10.8. The Morgan fingerprint density at radius 1 is 0.710 bits per heavy atom. The molecule has 0 unspecified atom stereocenters. The summed E-state index contributed by atoms with van der Waals surface area (Å²) in [7, 11) is 0. The Kier molecular flexibility index (Phi) is 13.0. The molecule has 9 N–H and O–H groups in total. The molecular weight excluding hydrogens is 546 g/mol. The van der Waals surface area contributed by atoms with Gasteiger partial charge in [-0.1, -0.05) is 18.2 Å². The molecule has 2 rings (SSSR count). The summed E-state index contributed by atoms with van der Waals surface area (Å²) in [6.45, 7) is -1.21. The van der Waals surface area contributed by atoms with Crippen LogP contribution in [0.4, 0.5) is 11.4 Å². The molecule has 0 radical (unpaired) electrons. The number of carbonyl (C=O) groups is 2.